The fourth-order valence-corrected chi connectivity index (χ4v) is 2.42. The summed E-state index contributed by atoms with van der Waals surface area (Å²) in [5.74, 6) is -0.420. The smallest absolute Gasteiger partial charge is 0.206 e. The summed E-state index contributed by atoms with van der Waals surface area (Å²) in [7, 11) is 1.44. The van der Waals surface area contributed by atoms with Gasteiger partial charge in [-0.2, -0.15) is 0 Å². The van der Waals surface area contributed by atoms with Gasteiger partial charge in [0.15, 0.2) is 0 Å². The van der Waals surface area contributed by atoms with Crippen LogP contribution in [-0.2, 0) is 0 Å². The van der Waals surface area contributed by atoms with E-state index in [1.54, 1.807) is 12.1 Å². The molecular formula is C12H8ClFO2S. The molecule has 1 heterocycles. The van der Waals surface area contributed by atoms with Crippen molar-refractivity contribution in [1.29, 1.82) is 0 Å². The molecule has 5 heteroatoms. The molecule has 88 valence electrons. The van der Waals surface area contributed by atoms with Crippen LogP contribution in [0.15, 0.2) is 30.3 Å². The average Bonchev–Trinajstić information content (AvgIpc) is 2.75. The molecule has 0 fully saturated rings. The number of benzene rings is 1. The number of ether oxygens (including phenoxy) is 1. The molecule has 0 aliphatic carbocycles. The normalized spacial score (nSPS) is 10.3. The van der Waals surface area contributed by atoms with Crippen LogP contribution in [0, 0.1) is 5.82 Å². The average molecular weight is 271 g/mol. The standard InChI is InChI=1S/C12H8ClFO2S/c1-16-9-3-2-7(14)6-8(9)12(15)10-4-5-11(13)17-10/h2-6H,1H3. The molecule has 0 atom stereocenters. The number of ketones is 1. The molecule has 0 saturated heterocycles. The van der Waals surface area contributed by atoms with E-state index >= 15 is 0 Å². The summed E-state index contributed by atoms with van der Waals surface area (Å²) in [5, 5.41) is 0. The summed E-state index contributed by atoms with van der Waals surface area (Å²) < 4.78 is 18.7. The van der Waals surface area contributed by atoms with Gasteiger partial charge in [-0.15, -0.1) is 11.3 Å². The Hall–Kier alpha value is -1.39. The molecular weight excluding hydrogens is 263 g/mol. The number of carbonyl (C=O) groups is 1. The highest BCUT2D eigenvalue weighted by molar-refractivity contribution is 7.18. The number of hydrogen-bond acceptors (Lipinski definition) is 3. The van der Waals surface area contributed by atoms with Crippen LogP contribution < -0.4 is 4.74 Å². The van der Waals surface area contributed by atoms with Crippen molar-refractivity contribution < 1.29 is 13.9 Å². The Bertz CT molecular complexity index is 565. The fourth-order valence-electron chi connectivity index (χ4n) is 1.43. The zero-order valence-electron chi connectivity index (χ0n) is 8.87. The lowest BCUT2D eigenvalue weighted by Gasteiger charge is -2.06. The first kappa shape index (κ1) is 12.1. The molecule has 1 aromatic carbocycles. The van der Waals surface area contributed by atoms with Crippen molar-refractivity contribution >= 4 is 28.7 Å². The second kappa shape index (κ2) is 4.85. The number of rotatable bonds is 3. The Morgan fingerprint density at radius 1 is 1.35 bits per heavy atom. The summed E-state index contributed by atoms with van der Waals surface area (Å²) in [6, 6.07) is 7.08. The Morgan fingerprint density at radius 2 is 2.12 bits per heavy atom. The minimum atomic E-state index is -0.475. The molecule has 17 heavy (non-hydrogen) atoms. The van der Waals surface area contributed by atoms with Crippen molar-refractivity contribution in [2.75, 3.05) is 7.11 Å². The fraction of sp³-hybridized carbons (Fsp3) is 0.0833. The third kappa shape index (κ3) is 2.48. The van der Waals surface area contributed by atoms with Gasteiger partial charge in [0.05, 0.1) is 21.9 Å². The van der Waals surface area contributed by atoms with Crippen LogP contribution in [0.5, 0.6) is 5.75 Å². The third-order valence-electron chi connectivity index (χ3n) is 2.20. The van der Waals surface area contributed by atoms with Crippen LogP contribution in [0.2, 0.25) is 4.34 Å². The van der Waals surface area contributed by atoms with Crippen molar-refractivity contribution in [1.82, 2.24) is 0 Å². The monoisotopic (exact) mass is 270 g/mol. The van der Waals surface area contributed by atoms with Gasteiger partial charge in [0.2, 0.25) is 5.78 Å². The summed E-state index contributed by atoms with van der Waals surface area (Å²) >= 11 is 6.91. The molecule has 0 bridgehead atoms. The topological polar surface area (TPSA) is 26.3 Å². The van der Waals surface area contributed by atoms with E-state index in [-0.39, 0.29) is 11.3 Å². The molecule has 1 aromatic heterocycles. The van der Waals surface area contributed by atoms with Gasteiger partial charge in [0, 0.05) is 0 Å². The quantitative estimate of drug-likeness (QED) is 0.794. The summed E-state index contributed by atoms with van der Waals surface area (Å²) in [4.78, 5) is 12.6. The first-order chi connectivity index (χ1) is 8.11. The minimum Gasteiger partial charge on any atom is -0.496 e. The molecule has 2 aromatic rings. The molecule has 0 aliphatic rings. The number of carbonyl (C=O) groups excluding carboxylic acids is 1. The zero-order chi connectivity index (χ0) is 12.4. The van der Waals surface area contributed by atoms with Gasteiger partial charge in [-0.25, -0.2) is 4.39 Å². The Balaban J connectivity index is 2.46. The molecule has 0 radical (unpaired) electrons. The van der Waals surface area contributed by atoms with E-state index in [1.165, 1.54) is 19.2 Å². The van der Waals surface area contributed by atoms with Gasteiger partial charge in [0.25, 0.3) is 0 Å². The van der Waals surface area contributed by atoms with E-state index < -0.39 is 5.82 Å². The lowest BCUT2D eigenvalue weighted by molar-refractivity contribution is 0.103. The van der Waals surface area contributed by atoms with E-state index in [2.05, 4.69) is 0 Å². The maximum atomic E-state index is 13.1. The predicted molar refractivity (Wildman–Crippen MR) is 65.7 cm³/mol. The minimum absolute atomic E-state index is 0.200. The highest BCUT2D eigenvalue weighted by atomic mass is 35.5. The molecule has 0 amide bonds. The second-order valence-corrected chi connectivity index (χ2v) is 4.99. The molecule has 0 spiro atoms. The molecule has 2 rings (SSSR count). The maximum absolute atomic E-state index is 13.1. The number of hydrogen-bond donors (Lipinski definition) is 0. The van der Waals surface area contributed by atoms with Crippen molar-refractivity contribution in [2.45, 2.75) is 0 Å². The van der Waals surface area contributed by atoms with Crippen LogP contribution in [0.4, 0.5) is 4.39 Å². The highest BCUT2D eigenvalue weighted by Gasteiger charge is 2.17. The largest absolute Gasteiger partial charge is 0.496 e. The van der Waals surface area contributed by atoms with Gasteiger partial charge in [-0.05, 0) is 30.3 Å². The van der Waals surface area contributed by atoms with Crippen molar-refractivity contribution in [3.05, 3.63) is 50.9 Å². The van der Waals surface area contributed by atoms with E-state index in [0.29, 0.717) is 15.0 Å². The first-order valence-electron chi connectivity index (χ1n) is 4.75. The van der Waals surface area contributed by atoms with Crippen LogP contribution >= 0.6 is 22.9 Å². The van der Waals surface area contributed by atoms with E-state index in [1.807, 2.05) is 0 Å². The SMILES string of the molecule is COc1ccc(F)cc1C(=O)c1ccc(Cl)s1. The number of methoxy groups -OCH3 is 1. The summed E-state index contributed by atoms with van der Waals surface area (Å²) in [6.45, 7) is 0. The summed E-state index contributed by atoms with van der Waals surface area (Å²) in [6.07, 6.45) is 0. The van der Waals surface area contributed by atoms with Crippen LogP contribution in [0.3, 0.4) is 0 Å². The van der Waals surface area contributed by atoms with Crippen molar-refractivity contribution in [2.24, 2.45) is 0 Å². The van der Waals surface area contributed by atoms with Crippen LogP contribution in [-0.4, -0.2) is 12.9 Å². The van der Waals surface area contributed by atoms with E-state index in [0.717, 1.165) is 17.4 Å². The molecule has 0 N–H and O–H groups in total. The number of halogens is 2. The van der Waals surface area contributed by atoms with Gasteiger partial charge >= 0.3 is 0 Å². The lowest BCUT2D eigenvalue weighted by atomic mass is 10.1. The molecule has 0 aliphatic heterocycles. The zero-order valence-corrected chi connectivity index (χ0v) is 10.4. The van der Waals surface area contributed by atoms with Crippen LogP contribution in [0.1, 0.15) is 15.2 Å². The Morgan fingerprint density at radius 3 is 2.71 bits per heavy atom. The Labute approximate surface area is 107 Å². The third-order valence-corrected chi connectivity index (χ3v) is 3.43. The van der Waals surface area contributed by atoms with Crippen molar-refractivity contribution in [3.63, 3.8) is 0 Å². The molecule has 0 saturated carbocycles. The highest BCUT2D eigenvalue weighted by Crippen LogP contribution is 2.28. The molecule has 0 unspecified atom stereocenters. The predicted octanol–water partition coefficient (Wildman–Crippen LogP) is 3.78. The van der Waals surface area contributed by atoms with Crippen LogP contribution in [0.25, 0.3) is 0 Å². The van der Waals surface area contributed by atoms with E-state index in [9.17, 15) is 9.18 Å². The Kier molecular flexibility index (Phi) is 3.45. The van der Waals surface area contributed by atoms with Gasteiger partial charge in [-0.1, -0.05) is 11.6 Å². The van der Waals surface area contributed by atoms with Gasteiger partial charge in [0.1, 0.15) is 11.6 Å². The first-order valence-corrected chi connectivity index (χ1v) is 5.95. The lowest BCUT2D eigenvalue weighted by Crippen LogP contribution is -2.02. The van der Waals surface area contributed by atoms with Gasteiger partial charge < -0.3 is 4.74 Å². The summed E-state index contributed by atoms with van der Waals surface area (Å²) in [5.41, 5.74) is 0.200. The maximum Gasteiger partial charge on any atom is 0.206 e. The molecule has 2 nitrogen and oxygen atoms in total. The van der Waals surface area contributed by atoms with Crippen molar-refractivity contribution in [3.8, 4) is 5.75 Å². The second-order valence-electron chi connectivity index (χ2n) is 3.28. The number of thiophene rings is 1. The van der Waals surface area contributed by atoms with E-state index in [4.69, 9.17) is 16.3 Å². The van der Waals surface area contributed by atoms with Gasteiger partial charge in [-0.3, -0.25) is 4.79 Å².